The third-order valence-electron chi connectivity index (χ3n) is 4.49. The number of hydrogen-bond acceptors (Lipinski definition) is 3. The van der Waals surface area contributed by atoms with E-state index >= 15 is 0 Å². The zero-order valence-corrected chi connectivity index (χ0v) is 11.7. The summed E-state index contributed by atoms with van der Waals surface area (Å²) in [6.07, 6.45) is 3.89. The molecule has 1 aromatic carbocycles. The van der Waals surface area contributed by atoms with Gasteiger partial charge in [0.1, 0.15) is 5.82 Å². The van der Waals surface area contributed by atoms with Gasteiger partial charge in [0.15, 0.2) is 0 Å². The van der Waals surface area contributed by atoms with E-state index in [1.807, 2.05) is 0 Å². The summed E-state index contributed by atoms with van der Waals surface area (Å²) in [5.41, 5.74) is 1.19. The Morgan fingerprint density at radius 2 is 2.15 bits per heavy atom. The first-order chi connectivity index (χ1) is 9.76. The number of benzene rings is 1. The van der Waals surface area contributed by atoms with Crippen molar-refractivity contribution in [3.63, 3.8) is 0 Å². The second kappa shape index (κ2) is 5.90. The van der Waals surface area contributed by atoms with E-state index < -0.39 is 0 Å². The molecule has 4 heteroatoms. The standard InChI is InChI=1S/C16H20FN3/c17-16-5-4-13(10-18)9-14(16)11-19-7-8-20-6-2-1-3-15(20)12-19/h4-5,9,15H,1-3,6-8,11-12H2. The first kappa shape index (κ1) is 13.5. The van der Waals surface area contributed by atoms with Crippen LogP contribution in [0.25, 0.3) is 0 Å². The summed E-state index contributed by atoms with van der Waals surface area (Å²) < 4.78 is 13.8. The molecule has 3 nitrogen and oxygen atoms in total. The molecule has 20 heavy (non-hydrogen) atoms. The fourth-order valence-electron chi connectivity index (χ4n) is 3.37. The van der Waals surface area contributed by atoms with Gasteiger partial charge in [0.05, 0.1) is 11.6 Å². The van der Waals surface area contributed by atoms with Crippen LogP contribution in [0.5, 0.6) is 0 Å². The maximum absolute atomic E-state index is 13.8. The number of fused-ring (bicyclic) bond motifs is 1. The van der Waals surface area contributed by atoms with Crippen molar-refractivity contribution in [1.82, 2.24) is 9.80 Å². The average molecular weight is 273 g/mol. The Bertz CT molecular complexity index is 523. The summed E-state index contributed by atoms with van der Waals surface area (Å²) in [5, 5.41) is 8.92. The smallest absolute Gasteiger partial charge is 0.127 e. The maximum atomic E-state index is 13.8. The lowest BCUT2D eigenvalue weighted by Crippen LogP contribution is -2.54. The average Bonchev–Trinajstić information content (AvgIpc) is 2.49. The van der Waals surface area contributed by atoms with Gasteiger partial charge in [-0.15, -0.1) is 0 Å². The fraction of sp³-hybridized carbons (Fsp3) is 0.562. The highest BCUT2D eigenvalue weighted by molar-refractivity contribution is 5.33. The molecule has 2 aliphatic rings. The largest absolute Gasteiger partial charge is 0.298 e. The van der Waals surface area contributed by atoms with E-state index in [9.17, 15) is 4.39 Å². The zero-order valence-electron chi connectivity index (χ0n) is 11.7. The van der Waals surface area contributed by atoms with Gasteiger partial charge in [-0.25, -0.2) is 4.39 Å². The minimum absolute atomic E-state index is 0.199. The molecule has 0 bridgehead atoms. The highest BCUT2D eigenvalue weighted by atomic mass is 19.1. The predicted octanol–water partition coefficient (Wildman–Crippen LogP) is 2.37. The van der Waals surface area contributed by atoms with E-state index in [0.29, 0.717) is 23.7 Å². The van der Waals surface area contributed by atoms with Gasteiger partial charge in [-0.1, -0.05) is 6.42 Å². The number of nitrogens with zero attached hydrogens (tertiary/aromatic N) is 3. The first-order valence-electron chi connectivity index (χ1n) is 7.41. The lowest BCUT2D eigenvalue weighted by atomic mass is 9.99. The SMILES string of the molecule is N#Cc1ccc(F)c(CN2CCN3CCCCC3C2)c1. The number of rotatable bonds is 2. The van der Waals surface area contributed by atoms with Crippen LogP contribution in [-0.4, -0.2) is 42.0 Å². The molecule has 2 aliphatic heterocycles. The van der Waals surface area contributed by atoms with Crippen molar-refractivity contribution in [2.75, 3.05) is 26.2 Å². The number of piperazine rings is 1. The molecule has 1 unspecified atom stereocenters. The molecule has 3 rings (SSSR count). The van der Waals surface area contributed by atoms with Crippen molar-refractivity contribution in [2.24, 2.45) is 0 Å². The predicted molar refractivity (Wildman–Crippen MR) is 75.6 cm³/mol. The molecule has 0 amide bonds. The molecule has 106 valence electrons. The minimum atomic E-state index is -0.199. The van der Waals surface area contributed by atoms with Crippen molar-refractivity contribution in [2.45, 2.75) is 31.8 Å². The lowest BCUT2D eigenvalue weighted by molar-refractivity contribution is 0.0452. The van der Waals surface area contributed by atoms with Crippen LogP contribution in [0.2, 0.25) is 0 Å². The van der Waals surface area contributed by atoms with Crippen LogP contribution in [0.4, 0.5) is 4.39 Å². The van der Waals surface area contributed by atoms with E-state index in [4.69, 9.17) is 5.26 Å². The van der Waals surface area contributed by atoms with Crippen LogP contribution >= 0.6 is 0 Å². The number of hydrogen-bond donors (Lipinski definition) is 0. The van der Waals surface area contributed by atoms with E-state index in [0.717, 1.165) is 19.6 Å². The summed E-state index contributed by atoms with van der Waals surface area (Å²) in [7, 11) is 0. The quantitative estimate of drug-likeness (QED) is 0.828. The monoisotopic (exact) mass is 273 g/mol. The van der Waals surface area contributed by atoms with Crippen LogP contribution in [-0.2, 0) is 6.54 Å². The number of halogens is 1. The van der Waals surface area contributed by atoms with Gasteiger partial charge in [0, 0.05) is 37.8 Å². The number of nitriles is 1. The molecule has 0 radical (unpaired) electrons. The molecular weight excluding hydrogens is 253 g/mol. The minimum Gasteiger partial charge on any atom is -0.298 e. The van der Waals surface area contributed by atoms with Gasteiger partial charge in [-0.2, -0.15) is 5.26 Å². The zero-order chi connectivity index (χ0) is 13.9. The molecule has 1 atom stereocenters. The van der Waals surface area contributed by atoms with Gasteiger partial charge in [-0.3, -0.25) is 9.80 Å². The molecule has 0 spiro atoms. The van der Waals surface area contributed by atoms with E-state index in [1.54, 1.807) is 6.07 Å². The molecule has 0 aromatic heterocycles. The molecule has 0 aliphatic carbocycles. The van der Waals surface area contributed by atoms with Crippen molar-refractivity contribution in [3.05, 3.63) is 35.1 Å². The molecule has 1 aromatic rings. The number of piperidine rings is 1. The summed E-state index contributed by atoms with van der Waals surface area (Å²) in [6, 6.07) is 7.35. The molecule has 0 N–H and O–H groups in total. The van der Waals surface area contributed by atoms with Crippen LogP contribution in [0, 0.1) is 17.1 Å². The first-order valence-corrected chi connectivity index (χ1v) is 7.41. The summed E-state index contributed by atoms with van der Waals surface area (Å²) in [6.45, 7) is 4.94. The van der Waals surface area contributed by atoms with Crippen molar-refractivity contribution in [1.29, 1.82) is 5.26 Å². The summed E-state index contributed by atoms with van der Waals surface area (Å²) in [4.78, 5) is 4.90. The van der Waals surface area contributed by atoms with Crippen molar-refractivity contribution in [3.8, 4) is 6.07 Å². The third-order valence-corrected chi connectivity index (χ3v) is 4.49. The second-order valence-electron chi connectivity index (χ2n) is 5.84. The molecule has 2 fully saturated rings. The summed E-state index contributed by atoms with van der Waals surface area (Å²) in [5.74, 6) is -0.199. The molecule has 0 saturated carbocycles. The van der Waals surface area contributed by atoms with Gasteiger partial charge in [0.2, 0.25) is 0 Å². The van der Waals surface area contributed by atoms with Crippen LogP contribution < -0.4 is 0 Å². The van der Waals surface area contributed by atoms with Crippen molar-refractivity contribution >= 4 is 0 Å². The molecule has 2 heterocycles. The molecule has 2 saturated heterocycles. The molecular formula is C16H20FN3. The Morgan fingerprint density at radius 1 is 1.25 bits per heavy atom. The lowest BCUT2D eigenvalue weighted by Gasteiger charge is -2.44. The normalized spacial score (nSPS) is 24.1. The Labute approximate surface area is 119 Å². The Hall–Kier alpha value is -1.44. The van der Waals surface area contributed by atoms with Crippen LogP contribution in [0.1, 0.15) is 30.4 Å². The fourth-order valence-corrected chi connectivity index (χ4v) is 3.37. The highest BCUT2D eigenvalue weighted by Gasteiger charge is 2.28. The van der Waals surface area contributed by atoms with Gasteiger partial charge >= 0.3 is 0 Å². The Kier molecular flexibility index (Phi) is 4.00. The van der Waals surface area contributed by atoms with E-state index in [1.165, 1.54) is 37.9 Å². The van der Waals surface area contributed by atoms with Gasteiger partial charge in [-0.05, 0) is 37.6 Å². The van der Waals surface area contributed by atoms with Crippen LogP contribution in [0.15, 0.2) is 18.2 Å². The van der Waals surface area contributed by atoms with Crippen molar-refractivity contribution < 1.29 is 4.39 Å². The summed E-state index contributed by atoms with van der Waals surface area (Å²) >= 11 is 0. The highest BCUT2D eigenvalue weighted by Crippen LogP contribution is 2.22. The van der Waals surface area contributed by atoms with Gasteiger partial charge in [0.25, 0.3) is 0 Å². The second-order valence-corrected chi connectivity index (χ2v) is 5.84. The maximum Gasteiger partial charge on any atom is 0.127 e. The third kappa shape index (κ3) is 2.84. The van der Waals surface area contributed by atoms with Crippen LogP contribution in [0.3, 0.4) is 0 Å². The van der Waals surface area contributed by atoms with Gasteiger partial charge < -0.3 is 0 Å². The van der Waals surface area contributed by atoms with E-state index in [2.05, 4.69) is 15.9 Å². The Balaban J connectivity index is 1.68. The van der Waals surface area contributed by atoms with E-state index in [-0.39, 0.29) is 5.82 Å². The Morgan fingerprint density at radius 3 is 3.00 bits per heavy atom. The topological polar surface area (TPSA) is 30.3 Å².